The molecule has 0 spiro atoms. The van der Waals surface area contributed by atoms with Gasteiger partial charge in [0.1, 0.15) is 5.82 Å². The van der Waals surface area contributed by atoms with E-state index in [4.69, 9.17) is 10.5 Å². The maximum absolute atomic E-state index is 13.0. The fourth-order valence-electron chi connectivity index (χ4n) is 2.02. The monoisotopic (exact) mass is 252 g/mol. The van der Waals surface area contributed by atoms with E-state index >= 15 is 0 Å². The average molecular weight is 252 g/mol. The zero-order valence-electron chi connectivity index (χ0n) is 10.5. The first-order valence-corrected chi connectivity index (χ1v) is 5.91. The summed E-state index contributed by atoms with van der Waals surface area (Å²) < 4.78 is 18.5. The number of nitrogens with two attached hydrogens (primary N) is 1. The smallest absolute Gasteiger partial charge is 0.251 e. The van der Waals surface area contributed by atoms with Crippen molar-refractivity contribution in [3.05, 3.63) is 29.6 Å². The fourth-order valence-corrected chi connectivity index (χ4v) is 2.02. The largest absolute Gasteiger partial charge is 0.396 e. The van der Waals surface area contributed by atoms with Crippen molar-refractivity contribution in [1.29, 1.82) is 0 Å². The summed E-state index contributed by atoms with van der Waals surface area (Å²) in [4.78, 5) is 12.1. The molecule has 1 amide bonds. The van der Waals surface area contributed by atoms with Gasteiger partial charge in [0.15, 0.2) is 0 Å². The Balaban J connectivity index is 2.14. The van der Waals surface area contributed by atoms with Crippen LogP contribution in [0.3, 0.4) is 0 Å². The summed E-state index contributed by atoms with van der Waals surface area (Å²) in [7, 11) is 0. The predicted octanol–water partition coefficient (Wildman–Crippen LogP) is 1.71. The van der Waals surface area contributed by atoms with Gasteiger partial charge in [-0.2, -0.15) is 0 Å². The van der Waals surface area contributed by atoms with E-state index in [2.05, 4.69) is 5.32 Å². The van der Waals surface area contributed by atoms with Crippen molar-refractivity contribution in [2.75, 3.05) is 12.3 Å². The Morgan fingerprint density at radius 3 is 2.89 bits per heavy atom. The van der Waals surface area contributed by atoms with Crippen LogP contribution in [0.5, 0.6) is 0 Å². The molecule has 1 fully saturated rings. The summed E-state index contributed by atoms with van der Waals surface area (Å²) >= 11 is 0. The van der Waals surface area contributed by atoms with Crippen LogP contribution in [-0.2, 0) is 4.74 Å². The first-order chi connectivity index (χ1) is 8.42. The lowest BCUT2D eigenvalue weighted by atomic mass is 9.94. The molecular formula is C13H17FN2O2. The topological polar surface area (TPSA) is 64.3 Å². The number of carbonyl (C=O) groups is 1. The molecule has 1 aliphatic heterocycles. The Hall–Kier alpha value is -1.62. The highest BCUT2D eigenvalue weighted by Gasteiger charge is 2.38. The maximum atomic E-state index is 13.0. The summed E-state index contributed by atoms with van der Waals surface area (Å²) in [6.07, 6.45) is 0.718. The van der Waals surface area contributed by atoms with Crippen LogP contribution in [0.4, 0.5) is 10.1 Å². The van der Waals surface area contributed by atoms with Crippen LogP contribution in [0.1, 0.15) is 30.6 Å². The summed E-state index contributed by atoms with van der Waals surface area (Å²) in [5.74, 6) is -0.781. The van der Waals surface area contributed by atoms with E-state index in [1.165, 1.54) is 18.2 Å². The van der Waals surface area contributed by atoms with Gasteiger partial charge in [-0.1, -0.05) is 0 Å². The molecule has 1 aromatic carbocycles. The Morgan fingerprint density at radius 2 is 2.33 bits per heavy atom. The molecular weight excluding hydrogens is 235 g/mol. The van der Waals surface area contributed by atoms with Gasteiger partial charge in [0.25, 0.3) is 5.91 Å². The second-order valence-electron chi connectivity index (χ2n) is 4.87. The van der Waals surface area contributed by atoms with Crippen molar-refractivity contribution in [3.8, 4) is 0 Å². The number of ether oxygens (including phenoxy) is 1. The molecule has 0 bridgehead atoms. The second kappa shape index (κ2) is 4.57. The minimum atomic E-state index is -0.518. The van der Waals surface area contributed by atoms with Crippen molar-refractivity contribution in [3.63, 3.8) is 0 Å². The highest BCUT2D eigenvalue weighted by atomic mass is 19.1. The Kier molecular flexibility index (Phi) is 3.26. The number of hydrogen-bond acceptors (Lipinski definition) is 3. The number of anilines is 1. The van der Waals surface area contributed by atoms with Gasteiger partial charge in [-0.15, -0.1) is 0 Å². The summed E-state index contributed by atoms with van der Waals surface area (Å²) in [6.45, 7) is 4.49. The van der Waals surface area contributed by atoms with E-state index in [1.54, 1.807) is 0 Å². The fraction of sp³-hybridized carbons (Fsp3) is 0.462. The SMILES string of the molecule is CC1OCCC1(C)NC(=O)c1ccc(F)c(N)c1. The molecule has 0 radical (unpaired) electrons. The Morgan fingerprint density at radius 1 is 1.61 bits per heavy atom. The molecule has 2 atom stereocenters. The second-order valence-corrected chi connectivity index (χ2v) is 4.87. The van der Waals surface area contributed by atoms with Crippen LogP contribution < -0.4 is 11.1 Å². The number of rotatable bonds is 2. The molecule has 1 saturated heterocycles. The lowest BCUT2D eigenvalue weighted by Crippen LogP contribution is -2.50. The molecule has 1 aromatic rings. The minimum absolute atomic E-state index is 0.0245. The molecule has 2 unspecified atom stereocenters. The van der Waals surface area contributed by atoms with E-state index in [0.29, 0.717) is 12.2 Å². The van der Waals surface area contributed by atoms with Crippen molar-refractivity contribution >= 4 is 11.6 Å². The molecule has 2 rings (SSSR count). The van der Waals surface area contributed by atoms with Crippen LogP contribution in [0.15, 0.2) is 18.2 Å². The number of amides is 1. The summed E-state index contributed by atoms with van der Waals surface area (Å²) in [5.41, 5.74) is 5.39. The van der Waals surface area contributed by atoms with Crippen LogP contribution in [-0.4, -0.2) is 24.2 Å². The molecule has 0 saturated carbocycles. The molecule has 0 aromatic heterocycles. The van der Waals surface area contributed by atoms with Crippen LogP contribution in [0.2, 0.25) is 0 Å². The summed E-state index contributed by atoms with van der Waals surface area (Å²) in [6, 6.07) is 3.96. The third-order valence-corrected chi connectivity index (χ3v) is 3.54. The van der Waals surface area contributed by atoms with E-state index in [9.17, 15) is 9.18 Å². The molecule has 4 nitrogen and oxygen atoms in total. The van der Waals surface area contributed by atoms with E-state index in [0.717, 1.165) is 6.42 Å². The number of nitrogens with one attached hydrogen (secondary N) is 1. The standard InChI is InChI=1S/C13H17FN2O2/c1-8-13(2,5-6-18-8)16-12(17)9-3-4-10(14)11(15)7-9/h3-4,7-8H,5-6,15H2,1-2H3,(H,16,17). The van der Waals surface area contributed by atoms with Gasteiger partial charge in [-0.3, -0.25) is 4.79 Å². The number of carbonyl (C=O) groups excluding carboxylic acids is 1. The minimum Gasteiger partial charge on any atom is -0.396 e. The van der Waals surface area contributed by atoms with Gasteiger partial charge in [0.05, 0.1) is 17.3 Å². The normalized spacial score (nSPS) is 27.2. The van der Waals surface area contributed by atoms with Gasteiger partial charge >= 0.3 is 0 Å². The predicted molar refractivity (Wildman–Crippen MR) is 66.7 cm³/mol. The number of hydrogen-bond donors (Lipinski definition) is 2. The van der Waals surface area contributed by atoms with Gasteiger partial charge in [-0.05, 0) is 38.5 Å². The van der Waals surface area contributed by atoms with Crippen molar-refractivity contribution < 1.29 is 13.9 Å². The third kappa shape index (κ3) is 2.31. The molecule has 1 aliphatic rings. The van der Waals surface area contributed by atoms with Crippen molar-refractivity contribution in [2.24, 2.45) is 0 Å². The van der Waals surface area contributed by atoms with E-state index in [-0.39, 0.29) is 23.2 Å². The average Bonchev–Trinajstić information content (AvgIpc) is 2.63. The molecule has 1 heterocycles. The van der Waals surface area contributed by atoms with Gasteiger partial charge in [-0.25, -0.2) is 4.39 Å². The Labute approximate surface area is 105 Å². The first kappa shape index (κ1) is 12.8. The van der Waals surface area contributed by atoms with Crippen molar-refractivity contribution in [2.45, 2.75) is 31.9 Å². The number of halogens is 1. The number of benzene rings is 1. The van der Waals surface area contributed by atoms with Gasteiger partial charge in [0.2, 0.25) is 0 Å². The van der Waals surface area contributed by atoms with E-state index < -0.39 is 5.82 Å². The first-order valence-electron chi connectivity index (χ1n) is 5.91. The highest BCUT2D eigenvalue weighted by molar-refractivity contribution is 5.95. The molecule has 5 heteroatoms. The maximum Gasteiger partial charge on any atom is 0.251 e. The lowest BCUT2D eigenvalue weighted by molar-refractivity contribution is 0.0727. The summed E-state index contributed by atoms with van der Waals surface area (Å²) in [5, 5.41) is 2.93. The molecule has 0 aliphatic carbocycles. The van der Waals surface area contributed by atoms with Gasteiger partial charge < -0.3 is 15.8 Å². The number of nitrogen functional groups attached to an aromatic ring is 1. The third-order valence-electron chi connectivity index (χ3n) is 3.54. The highest BCUT2D eigenvalue weighted by Crippen LogP contribution is 2.25. The zero-order valence-corrected chi connectivity index (χ0v) is 10.5. The zero-order chi connectivity index (χ0) is 13.3. The lowest BCUT2D eigenvalue weighted by Gasteiger charge is -2.28. The van der Waals surface area contributed by atoms with Gasteiger partial charge in [0, 0.05) is 12.2 Å². The molecule has 18 heavy (non-hydrogen) atoms. The van der Waals surface area contributed by atoms with Crippen LogP contribution in [0.25, 0.3) is 0 Å². The van der Waals surface area contributed by atoms with Crippen molar-refractivity contribution in [1.82, 2.24) is 5.32 Å². The van der Waals surface area contributed by atoms with E-state index in [1.807, 2.05) is 13.8 Å². The Bertz CT molecular complexity index is 478. The molecule has 3 N–H and O–H groups in total. The van der Waals surface area contributed by atoms with Crippen LogP contribution >= 0.6 is 0 Å². The molecule has 98 valence electrons. The van der Waals surface area contributed by atoms with Crippen LogP contribution in [0, 0.1) is 5.82 Å². The quantitative estimate of drug-likeness (QED) is 0.787.